The van der Waals surface area contributed by atoms with Crippen LogP contribution in [0.4, 0.5) is 11.6 Å². The topological polar surface area (TPSA) is 97.0 Å². The Morgan fingerprint density at radius 3 is 2.89 bits per heavy atom. The van der Waals surface area contributed by atoms with Gasteiger partial charge in [-0.25, -0.2) is 9.97 Å². The van der Waals surface area contributed by atoms with Crippen molar-refractivity contribution in [3.05, 3.63) is 59.5 Å². The molecule has 1 aliphatic rings. The number of anilines is 2. The standard InChI is InChI=1S/C19H20N6O2/c1-12-5-3-7-16(22-12)23-18-17(20-8-9-21-18)15-6-4-10-25(15)19(26)14-11-13(2)27-24-14/h3,5,7-9,11,15H,4,6,10H2,1-2H3,(H,21,22,23). The summed E-state index contributed by atoms with van der Waals surface area (Å²) in [7, 11) is 0. The number of rotatable bonds is 4. The lowest BCUT2D eigenvalue weighted by Gasteiger charge is -2.24. The van der Waals surface area contributed by atoms with Crippen molar-refractivity contribution in [2.75, 3.05) is 11.9 Å². The zero-order valence-corrected chi connectivity index (χ0v) is 15.2. The lowest BCUT2D eigenvalue weighted by atomic mass is 10.1. The van der Waals surface area contributed by atoms with Crippen LogP contribution < -0.4 is 5.32 Å². The van der Waals surface area contributed by atoms with Crippen LogP contribution in [-0.4, -0.2) is 37.5 Å². The molecule has 0 saturated carbocycles. The molecule has 1 aliphatic heterocycles. The number of hydrogen-bond donors (Lipinski definition) is 1. The summed E-state index contributed by atoms with van der Waals surface area (Å²) in [5, 5.41) is 7.10. The molecule has 8 heteroatoms. The minimum Gasteiger partial charge on any atom is -0.361 e. The zero-order valence-electron chi connectivity index (χ0n) is 15.2. The molecule has 4 rings (SSSR count). The number of carbonyl (C=O) groups excluding carboxylic acids is 1. The molecule has 1 amide bonds. The van der Waals surface area contributed by atoms with Crippen molar-refractivity contribution in [1.82, 2.24) is 25.0 Å². The maximum absolute atomic E-state index is 12.9. The molecule has 0 aliphatic carbocycles. The molecule has 4 heterocycles. The summed E-state index contributed by atoms with van der Waals surface area (Å²) in [4.78, 5) is 28.1. The smallest absolute Gasteiger partial charge is 0.276 e. The predicted octanol–water partition coefficient (Wildman–Crippen LogP) is 3.20. The van der Waals surface area contributed by atoms with E-state index in [9.17, 15) is 4.79 Å². The highest BCUT2D eigenvalue weighted by Gasteiger charge is 2.34. The Hall–Kier alpha value is -3.29. The molecule has 0 spiro atoms. The lowest BCUT2D eigenvalue weighted by Crippen LogP contribution is -2.31. The number of aromatic nitrogens is 4. The van der Waals surface area contributed by atoms with E-state index in [1.807, 2.05) is 25.1 Å². The monoisotopic (exact) mass is 364 g/mol. The van der Waals surface area contributed by atoms with Gasteiger partial charge in [-0.15, -0.1) is 0 Å². The van der Waals surface area contributed by atoms with Crippen molar-refractivity contribution in [3.63, 3.8) is 0 Å². The molecule has 0 aromatic carbocycles. The summed E-state index contributed by atoms with van der Waals surface area (Å²) in [5.41, 5.74) is 1.95. The molecule has 1 saturated heterocycles. The van der Waals surface area contributed by atoms with Crippen molar-refractivity contribution >= 4 is 17.5 Å². The highest BCUT2D eigenvalue weighted by Crippen LogP contribution is 2.35. The van der Waals surface area contributed by atoms with Crippen molar-refractivity contribution < 1.29 is 9.32 Å². The van der Waals surface area contributed by atoms with Gasteiger partial charge in [0.25, 0.3) is 5.91 Å². The fourth-order valence-corrected chi connectivity index (χ4v) is 3.33. The van der Waals surface area contributed by atoms with E-state index in [1.165, 1.54) is 0 Å². The Morgan fingerprint density at radius 1 is 1.26 bits per heavy atom. The maximum atomic E-state index is 12.9. The van der Waals surface area contributed by atoms with Gasteiger partial charge in [0.1, 0.15) is 17.3 Å². The molecule has 1 fully saturated rings. The summed E-state index contributed by atoms with van der Waals surface area (Å²) in [6.45, 7) is 4.35. The third-order valence-corrected chi connectivity index (χ3v) is 4.54. The molecular weight excluding hydrogens is 344 g/mol. The Balaban J connectivity index is 1.63. The third-order valence-electron chi connectivity index (χ3n) is 4.54. The summed E-state index contributed by atoms with van der Waals surface area (Å²) in [5.74, 6) is 1.76. The first-order valence-electron chi connectivity index (χ1n) is 8.87. The fourth-order valence-electron chi connectivity index (χ4n) is 3.33. The second-order valence-corrected chi connectivity index (χ2v) is 6.56. The van der Waals surface area contributed by atoms with E-state index >= 15 is 0 Å². The maximum Gasteiger partial charge on any atom is 0.276 e. The number of likely N-dealkylation sites (tertiary alicyclic amines) is 1. The van der Waals surface area contributed by atoms with E-state index in [-0.39, 0.29) is 11.9 Å². The van der Waals surface area contributed by atoms with Crippen LogP contribution in [0.1, 0.15) is 46.5 Å². The number of aryl methyl sites for hydroxylation is 2. The highest BCUT2D eigenvalue weighted by molar-refractivity contribution is 5.92. The molecule has 3 aromatic rings. The van der Waals surface area contributed by atoms with Gasteiger partial charge < -0.3 is 14.7 Å². The number of hydrogen-bond acceptors (Lipinski definition) is 7. The van der Waals surface area contributed by atoms with Crippen LogP contribution in [0.3, 0.4) is 0 Å². The average Bonchev–Trinajstić information content (AvgIpc) is 3.31. The van der Waals surface area contributed by atoms with E-state index in [0.717, 1.165) is 24.2 Å². The second-order valence-electron chi connectivity index (χ2n) is 6.56. The Labute approximate surface area is 156 Å². The van der Waals surface area contributed by atoms with Crippen molar-refractivity contribution in [2.24, 2.45) is 0 Å². The average molecular weight is 364 g/mol. The number of amides is 1. The first-order chi connectivity index (χ1) is 13.1. The van der Waals surface area contributed by atoms with Gasteiger partial charge in [-0.1, -0.05) is 11.2 Å². The number of nitrogens with zero attached hydrogens (tertiary/aromatic N) is 5. The number of pyridine rings is 1. The van der Waals surface area contributed by atoms with Crippen molar-refractivity contribution in [1.29, 1.82) is 0 Å². The van der Waals surface area contributed by atoms with E-state index < -0.39 is 0 Å². The molecule has 0 radical (unpaired) electrons. The first kappa shape index (κ1) is 17.1. The van der Waals surface area contributed by atoms with Gasteiger partial charge >= 0.3 is 0 Å². The molecule has 138 valence electrons. The van der Waals surface area contributed by atoms with Gasteiger partial charge in [-0.3, -0.25) is 9.78 Å². The Bertz CT molecular complexity index is 970. The van der Waals surface area contributed by atoms with Crippen molar-refractivity contribution in [3.8, 4) is 0 Å². The van der Waals surface area contributed by atoms with Crippen LogP contribution in [0.25, 0.3) is 0 Å². The van der Waals surface area contributed by atoms with Crippen LogP contribution in [0.2, 0.25) is 0 Å². The Kier molecular flexibility index (Phi) is 4.53. The SMILES string of the molecule is Cc1cccc(Nc2nccnc2C2CCCN2C(=O)c2cc(C)on2)n1. The van der Waals surface area contributed by atoms with Crippen LogP contribution >= 0.6 is 0 Å². The predicted molar refractivity (Wildman–Crippen MR) is 98.5 cm³/mol. The van der Waals surface area contributed by atoms with Crippen LogP contribution in [0, 0.1) is 13.8 Å². The first-order valence-corrected chi connectivity index (χ1v) is 8.87. The van der Waals surface area contributed by atoms with Gasteiger partial charge in [0, 0.05) is 30.7 Å². The van der Waals surface area contributed by atoms with E-state index in [1.54, 1.807) is 30.3 Å². The van der Waals surface area contributed by atoms with Gasteiger partial charge in [-0.2, -0.15) is 0 Å². The fraction of sp³-hybridized carbons (Fsp3) is 0.316. The molecule has 3 aromatic heterocycles. The Morgan fingerprint density at radius 2 is 2.11 bits per heavy atom. The molecule has 0 bridgehead atoms. The van der Waals surface area contributed by atoms with Gasteiger partial charge in [0.2, 0.25) is 0 Å². The molecule has 27 heavy (non-hydrogen) atoms. The van der Waals surface area contributed by atoms with Gasteiger partial charge in [-0.05, 0) is 38.8 Å². The normalized spacial score (nSPS) is 16.5. The summed E-state index contributed by atoms with van der Waals surface area (Å²) >= 11 is 0. The van der Waals surface area contributed by atoms with Crippen LogP contribution in [0.5, 0.6) is 0 Å². The minimum atomic E-state index is -0.171. The number of carbonyl (C=O) groups is 1. The second kappa shape index (κ2) is 7.14. The van der Waals surface area contributed by atoms with E-state index in [4.69, 9.17) is 4.52 Å². The van der Waals surface area contributed by atoms with Gasteiger partial charge in [0.05, 0.1) is 6.04 Å². The van der Waals surface area contributed by atoms with Crippen molar-refractivity contribution in [2.45, 2.75) is 32.7 Å². The number of nitrogens with one attached hydrogen (secondary N) is 1. The minimum absolute atomic E-state index is 0.153. The van der Waals surface area contributed by atoms with E-state index in [0.29, 0.717) is 29.6 Å². The molecule has 1 unspecified atom stereocenters. The third kappa shape index (κ3) is 3.51. The van der Waals surface area contributed by atoms with Crippen LogP contribution in [0.15, 0.2) is 41.2 Å². The molecule has 1 N–H and O–H groups in total. The summed E-state index contributed by atoms with van der Waals surface area (Å²) in [6, 6.07) is 7.22. The lowest BCUT2D eigenvalue weighted by molar-refractivity contribution is 0.0722. The largest absolute Gasteiger partial charge is 0.361 e. The quantitative estimate of drug-likeness (QED) is 0.759. The van der Waals surface area contributed by atoms with E-state index in [2.05, 4.69) is 25.4 Å². The zero-order chi connectivity index (χ0) is 18.8. The van der Waals surface area contributed by atoms with Gasteiger partial charge in [0.15, 0.2) is 11.5 Å². The highest BCUT2D eigenvalue weighted by atomic mass is 16.5. The molecular formula is C19H20N6O2. The summed E-state index contributed by atoms with van der Waals surface area (Å²) < 4.78 is 5.05. The summed E-state index contributed by atoms with van der Waals surface area (Å²) in [6.07, 6.45) is 4.98. The molecule has 1 atom stereocenters. The molecule has 8 nitrogen and oxygen atoms in total. The van der Waals surface area contributed by atoms with Crippen LogP contribution in [-0.2, 0) is 0 Å².